The van der Waals surface area contributed by atoms with Crippen molar-refractivity contribution in [1.82, 2.24) is 15.6 Å². The quantitative estimate of drug-likeness (QED) is 0.801. The molecule has 0 aliphatic heterocycles. The summed E-state index contributed by atoms with van der Waals surface area (Å²) in [5.74, 6) is -1.30. The van der Waals surface area contributed by atoms with Gasteiger partial charge in [-0.3, -0.25) is 15.1 Å². The van der Waals surface area contributed by atoms with E-state index in [0.717, 1.165) is 11.3 Å². The van der Waals surface area contributed by atoms with Gasteiger partial charge in [-0.2, -0.15) is 0 Å². The van der Waals surface area contributed by atoms with Gasteiger partial charge in [0.1, 0.15) is 0 Å². The number of ether oxygens (including phenoxy) is 1. The topological polar surface area (TPSA) is 97.4 Å². The number of carbonyl (C=O) groups is 3. The van der Waals surface area contributed by atoms with E-state index in [2.05, 4.69) is 15.6 Å². The van der Waals surface area contributed by atoms with Crippen LogP contribution in [0.5, 0.6) is 0 Å². The highest BCUT2D eigenvalue weighted by Gasteiger charge is 2.24. The molecule has 0 saturated carbocycles. The molecule has 1 heterocycles. The average Bonchev–Trinajstić information content (AvgIpc) is 2.60. The molecule has 138 valence electrons. The number of hydrogen-bond donors (Lipinski definition) is 2. The molecule has 0 fully saturated rings. The molecule has 2 N–H and O–H groups in total. The Bertz CT molecular complexity index is 848. The van der Waals surface area contributed by atoms with Crippen molar-refractivity contribution in [2.45, 2.75) is 40.2 Å². The van der Waals surface area contributed by atoms with Gasteiger partial charge < -0.3 is 10.1 Å². The SMILES string of the molecule is CCNC(=O)NC(=O)[C@H](C)OC(=O)c1c(C)c(CC)nc2ccccc12. The zero-order valence-corrected chi connectivity index (χ0v) is 15.4. The van der Waals surface area contributed by atoms with Crippen LogP contribution in [-0.4, -0.2) is 35.5 Å². The van der Waals surface area contributed by atoms with E-state index in [4.69, 9.17) is 4.74 Å². The molecule has 7 nitrogen and oxygen atoms in total. The number of pyridine rings is 1. The Morgan fingerprint density at radius 1 is 1.19 bits per heavy atom. The standard InChI is InChI=1S/C19H23N3O4/c1-5-14-11(3)16(13-9-7-8-10-15(13)21-14)18(24)26-12(4)17(23)22-19(25)20-6-2/h7-10,12H,5-6H2,1-4H3,(H2,20,22,23,25)/t12-/m0/s1. The summed E-state index contributed by atoms with van der Waals surface area (Å²) in [6.45, 7) is 7.31. The number of aromatic nitrogens is 1. The first-order valence-corrected chi connectivity index (χ1v) is 8.56. The summed E-state index contributed by atoms with van der Waals surface area (Å²) in [6.07, 6.45) is -0.439. The average molecular weight is 357 g/mol. The number of nitrogens with one attached hydrogen (secondary N) is 2. The Morgan fingerprint density at radius 3 is 2.54 bits per heavy atom. The van der Waals surface area contributed by atoms with Crippen molar-refractivity contribution in [2.24, 2.45) is 0 Å². The van der Waals surface area contributed by atoms with Crippen LogP contribution in [0.3, 0.4) is 0 Å². The van der Waals surface area contributed by atoms with Crippen LogP contribution >= 0.6 is 0 Å². The van der Waals surface area contributed by atoms with Gasteiger partial charge in [0.25, 0.3) is 5.91 Å². The molecular weight excluding hydrogens is 334 g/mol. The fraction of sp³-hybridized carbons (Fsp3) is 0.368. The van der Waals surface area contributed by atoms with E-state index < -0.39 is 24.0 Å². The van der Waals surface area contributed by atoms with Crippen molar-refractivity contribution < 1.29 is 19.1 Å². The lowest BCUT2D eigenvalue weighted by atomic mass is 10.0. The summed E-state index contributed by atoms with van der Waals surface area (Å²) in [5.41, 5.74) is 2.62. The molecule has 0 radical (unpaired) electrons. The van der Waals surface area contributed by atoms with Crippen LogP contribution in [0.1, 0.15) is 42.4 Å². The molecule has 2 aromatic rings. The largest absolute Gasteiger partial charge is 0.449 e. The molecule has 0 aliphatic rings. The van der Waals surface area contributed by atoms with Gasteiger partial charge >= 0.3 is 12.0 Å². The number of hydrogen-bond acceptors (Lipinski definition) is 5. The number of benzene rings is 1. The molecule has 0 spiro atoms. The second kappa shape index (κ2) is 8.42. The molecule has 1 aromatic heterocycles. The molecule has 1 atom stereocenters. The van der Waals surface area contributed by atoms with Crippen LogP contribution in [0.4, 0.5) is 4.79 Å². The zero-order valence-electron chi connectivity index (χ0n) is 15.4. The summed E-state index contributed by atoms with van der Waals surface area (Å²) >= 11 is 0. The zero-order chi connectivity index (χ0) is 19.3. The first-order chi connectivity index (χ1) is 12.4. The number of esters is 1. The summed E-state index contributed by atoms with van der Waals surface area (Å²) < 4.78 is 5.31. The predicted molar refractivity (Wildman–Crippen MR) is 98.0 cm³/mol. The molecule has 0 saturated heterocycles. The maximum atomic E-state index is 12.7. The number of fused-ring (bicyclic) bond motifs is 1. The lowest BCUT2D eigenvalue weighted by molar-refractivity contribution is -0.127. The van der Waals surface area contributed by atoms with Gasteiger partial charge in [0.2, 0.25) is 0 Å². The Labute approximate surface area is 152 Å². The van der Waals surface area contributed by atoms with E-state index in [1.165, 1.54) is 6.92 Å². The molecule has 0 unspecified atom stereocenters. The van der Waals surface area contributed by atoms with Crippen LogP contribution < -0.4 is 10.6 Å². The summed E-state index contributed by atoms with van der Waals surface area (Å²) in [6, 6.07) is 6.67. The maximum absolute atomic E-state index is 12.7. The lowest BCUT2D eigenvalue weighted by Crippen LogP contribution is -2.44. The van der Waals surface area contributed by atoms with Crippen molar-refractivity contribution in [3.8, 4) is 0 Å². The number of aryl methyl sites for hydroxylation is 1. The molecule has 0 aliphatic carbocycles. The number of nitrogens with zero attached hydrogens (tertiary/aromatic N) is 1. The third-order valence-electron chi connectivity index (χ3n) is 4.00. The van der Waals surface area contributed by atoms with E-state index in [1.54, 1.807) is 13.0 Å². The monoisotopic (exact) mass is 357 g/mol. The minimum absolute atomic E-state index is 0.384. The van der Waals surface area contributed by atoms with E-state index in [0.29, 0.717) is 29.4 Å². The number of rotatable bonds is 5. The van der Waals surface area contributed by atoms with Gasteiger partial charge in [0.15, 0.2) is 6.10 Å². The minimum Gasteiger partial charge on any atom is -0.449 e. The number of urea groups is 1. The third kappa shape index (κ3) is 4.17. The highest BCUT2D eigenvalue weighted by Crippen LogP contribution is 2.24. The first kappa shape index (κ1) is 19.4. The van der Waals surface area contributed by atoms with Crippen molar-refractivity contribution >= 4 is 28.8 Å². The summed E-state index contributed by atoms with van der Waals surface area (Å²) in [5, 5.41) is 5.25. The number of carbonyl (C=O) groups excluding carboxylic acids is 3. The summed E-state index contributed by atoms with van der Waals surface area (Å²) in [4.78, 5) is 40.8. The van der Waals surface area contributed by atoms with Crippen LogP contribution in [0.2, 0.25) is 0 Å². The third-order valence-corrected chi connectivity index (χ3v) is 4.00. The predicted octanol–water partition coefficient (Wildman–Crippen LogP) is 2.50. The first-order valence-electron chi connectivity index (χ1n) is 8.56. The van der Waals surface area contributed by atoms with Crippen molar-refractivity contribution in [3.05, 3.63) is 41.1 Å². The van der Waals surface area contributed by atoms with E-state index >= 15 is 0 Å². The van der Waals surface area contributed by atoms with Crippen molar-refractivity contribution in [3.63, 3.8) is 0 Å². The maximum Gasteiger partial charge on any atom is 0.339 e. The molecular formula is C19H23N3O4. The minimum atomic E-state index is -1.11. The Morgan fingerprint density at radius 2 is 1.88 bits per heavy atom. The van der Waals surface area contributed by atoms with Gasteiger partial charge in [-0.05, 0) is 38.8 Å². The number of amides is 3. The normalized spacial score (nSPS) is 11.7. The van der Waals surface area contributed by atoms with Gasteiger partial charge in [-0.25, -0.2) is 9.59 Å². The van der Waals surface area contributed by atoms with Crippen LogP contribution in [-0.2, 0) is 16.0 Å². The molecule has 0 bridgehead atoms. The smallest absolute Gasteiger partial charge is 0.339 e. The Hall–Kier alpha value is -2.96. The highest BCUT2D eigenvalue weighted by atomic mass is 16.5. The fourth-order valence-corrected chi connectivity index (χ4v) is 2.66. The van der Waals surface area contributed by atoms with Crippen LogP contribution in [0.25, 0.3) is 10.9 Å². The highest BCUT2D eigenvalue weighted by molar-refractivity contribution is 6.06. The molecule has 26 heavy (non-hydrogen) atoms. The van der Waals surface area contributed by atoms with E-state index in [9.17, 15) is 14.4 Å². The van der Waals surface area contributed by atoms with E-state index in [1.807, 2.05) is 32.0 Å². The van der Waals surface area contributed by atoms with Crippen LogP contribution in [0, 0.1) is 6.92 Å². The Balaban J connectivity index is 2.28. The second-order valence-corrected chi connectivity index (χ2v) is 5.83. The number of para-hydroxylation sites is 1. The van der Waals surface area contributed by atoms with Gasteiger partial charge in [-0.1, -0.05) is 25.1 Å². The molecule has 2 rings (SSSR count). The summed E-state index contributed by atoms with van der Waals surface area (Å²) in [7, 11) is 0. The second-order valence-electron chi connectivity index (χ2n) is 5.83. The van der Waals surface area contributed by atoms with Crippen molar-refractivity contribution in [2.75, 3.05) is 6.54 Å². The molecule has 7 heteroatoms. The van der Waals surface area contributed by atoms with Gasteiger partial charge in [0.05, 0.1) is 11.1 Å². The molecule has 1 aromatic carbocycles. The fourth-order valence-electron chi connectivity index (χ4n) is 2.66. The van der Waals surface area contributed by atoms with E-state index in [-0.39, 0.29) is 0 Å². The number of imide groups is 1. The van der Waals surface area contributed by atoms with Gasteiger partial charge in [-0.15, -0.1) is 0 Å². The molecule has 3 amide bonds. The Kier molecular flexibility index (Phi) is 6.27. The van der Waals surface area contributed by atoms with Crippen LogP contribution in [0.15, 0.2) is 24.3 Å². The van der Waals surface area contributed by atoms with Crippen molar-refractivity contribution in [1.29, 1.82) is 0 Å². The van der Waals surface area contributed by atoms with Gasteiger partial charge in [0, 0.05) is 17.6 Å². The lowest BCUT2D eigenvalue weighted by Gasteiger charge is -2.16.